The highest BCUT2D eigenvalue weighted by atomic mass is 35.5. The Labute approximate surface area is 171 Å². The van der Waals surface area contributed by atoms with Crippen molar-refractivity contribution >= 4 is 34.9 Å². The van der Waals surface area contributed by atoms with Crippen molar-refractivity contribution < 1.29 is 19.0 Å². The van der Waals surface area contributed by atoms with Gasteiger partial charge in [0.2, 0.25) is 0 Å². The molecule has 3 rings (SSSR count). The SMILES string of the molecule is O=C(O)c1ccc(Cl)c(NCc2cccc(OCc3c(F)cccc3Cl)c2)c1. The number of rotatable bonds is 7. The Kier molecular flexibility index (Phi) is 6.39. The molecule has 0 bridgehead atoms. The first kappa shape index (κ1) is 20.0. The molecule has 0 spiro atoms. The fourth-order valence-electron chi connectivity index (χ4n) is 2.56. The summed E-state index contributed by atoms with van der Waals surface area (Å²) < 4.78 is 19.5. The maximum atomic E-state index is 13.8. The van der Waals surface area contributed by atoms with E-state index >= 15 is 0 Å². The van der Waals surface area contributed by atoms with Crippen LogP contribution in [0.15, 0.2) is 60.7 Å². The van der Waals surface area contributed by atoms with Crippen molar-refractivity contribution in [3.8, 4) is 5.75 Å². The normalized spacial score (nSPS) is 10.5. The number of carboxylic acids is 1. The van der Waals surface area contributed by atoms with Gasteiger partial charge in [0.1, 0.15) is 18.2 Å². The lowest BCUT2D eigenvalue weighted by Gasteiger charge is -2.12. The third-order valence-corrected chi connectivity index (χ3v) is 4.72. The standard InChI is InChI=1S/C21H16Cl2FNO3/c22-17-5-2-6-19(24)16(17)12-28-15-4-1-3-13(9-15)11-25-20-10-14(21(26)27)7-8-18(20)23/h1-10,25H,11-12H2,(H,26,27). The first-order chi connectivity index (χ1) is 13.4. The fourth-order valence-corrected chi connectivity index (χ4v) is 2.96. The van der Waals surface area contributed by atoms with Gasteiger partial charge in [-0.2, -0.15) is 0 Å². The van der Waals surface area contributed by atoms with E-state index in [1.54, 1.807) is 18.2 Å². The number of anilines is 1. The number of ether oxygens (including phenoxy) is 1. The number of nitrogens with one attached hydrogen (secondary N) is 1. The number of hydrogen-bond donors (Lipinski definition) is 2. The molecule has 7 heteroatoms. The van der Waals surface area contributed by atoms with Crippen LogP contribution in [0.1, 0.15) is 21.5 Å². The molecule has 0 amide bonds. The van der Waals surface area contributed by atoms with E-state index in [-0.39, 0.29) is 12.2 Å². The quantitative estimate of drug-likeness (QED) is 0.491. The van der Waals surface area contributed by atoms with E-state index in [2.05, 4.69) is 5.32 Å². The highest BCUT2D eigenvalue weighted by molar-refractivity contribution is 6.33. The van der Waals surface area contributed by atoms with Crippen LogP contribution >= 0.6 is 23.2 Å². The minimum absolute atomic E-state index is 0.00880. The predicted molar refractivity (Wildman–Crippen MR) is 108 cm³/mol. The van der Waals surface area contributed by atoms with E-state index in [9.17, 15) is 9.18 Å². The van der Waals surface area contributed by atoms with Crippen LogP contribution in [-0.4, -0.2) is 11.1 Å². The van der Waals surface area contributed by atoms with E-state index in [1.165, 1.54) is 30.3 Å². The molecule has 3 aromatic rings. The third-order valence-electron chi connectivity index (χ3n) is 4.04. The van der Waals surface area contributed by atoms with Crippen LogP contribution in [-0.2, 0) is 13.2 Å². The Morgan fingerprint density at radius 3 is 2.57 bits per heavy atom. The van der Waals surface area contributed by atoms with Gasteiger partial charge in [-0.3, -0.25) is 0 Å². The summed E-state index contributed by atoms with van der Waals surface area (Å²) in [6.45, 7) is 0.412. The third kappa shape index (κ3) is 4.94. The van der Waals surface area contributed by atoms with Gasteiger partial charge in [-0.1, -0.05) is 41.4 Å². The molecule has 0 radical (unpaired) electrons. The minimum atomic E-state index is -1.03. The van der Waals surface area contributed by atoms with Gasteiger partial charge < -0.3 is 15.2 Å². The average Bonchev–Trinajstić information content (AvgIpc) is 2.67. The van der Waals surface area contributed by atoms with Crippen LogP contribution in [0, 0.1) is 5.82 Å². The van der Waals surface area contributed by atoms with Crippen molar-refractivity contribution in [1.29, 1.82) is 0 Å². The molecule has 0 saturated heterocycles. The predicted octanol–water partition coefficient (Wildman–Crippen LogP) is 6.02. The molecular weight excluding hydrogens is 404 g/mol. The Bertz CT molecular complexity index is 990. The molecule has 3 aromatic carbocycles. The van der Waals surface area contributed by atoms with Crippen LogP contribution in [0.2, 0.25) is 10.0 Å². The van der Waals surface area contributed by atoms with Gasteiger partial charge in [-0.25, -0.2) is 9.18 Å². The van der Waals surface area contributed by atoms with Crippen LogP contribution < -0.4 is 10.1 Å². The molecule has 0 atom stereocenters. The largest absolute Gasteiger partial charge is 0.489 e. The van der Waals surface area contributed by atoms with Gasteiger partial charge in [-0.05, 0) is 48.0 Å². The van der Waals surface area contributed by atoms with Gasteiger partial charge in [0.25, 0.3) is 0 Å². The molecule has 0 aliphatic rings. The van der Waals surface area contributed by atoms with Crippen LogP contribution in [0.5, 0.6) is 5.75 Å². The second-order valence-electron chi connectivity index (χ2n) is 5.99. The van der Waals surface area contributed by atoms with Gasteiger partial charge in [0, 0.05) is 12.1 Å². The summed E-state index contributed by atoms with van der Waals surface area (Å²) in [6.07, 6.45) is 0. The van der Waals surface area contributed by atoms with Crippen molar-refractivity contribution in [3.63, 3.8) is 0 Å². The van der Waals surface area contributed by atoms with Crippen molar-refractivity contribution in [2.45, 2.75) is 13.2 Å². The first-order valence-electron chi connectivity index (χ1n) is 8.35. The summed E-state index contributed by atoms with van der Waals surface area (Å²) in [4.78, 5) is 11.1. The van der Waals surface area contributed by atoms with Gasteiger partial charge in [0.05, 0.1) is 21.3 Å². The molecule has 2 N–H and O–H groups in total. The molecule has 0 saturated carbocycles. The lowest BCUT2D eigenvalue weighted by Crippen LogP contribution is -2.04. The Morgan fingerprint density at radius 2 is 1.82 bits per heavy atom. The summed E-state index contributed by atoms with van der Waals surface area (Å²) in [5, 5.41) is 12.9. The molecule has 0 heterocycles. The molecule has 0 unspecified atom stereocenters. The number of hydrogen-bond acceptors (Lipinski definition) is 3. The van der Waals surface area contributed by atoms with Crippen LogP contribution in [0.4, 0.5) is 10.1 Å². The van der Waals surface area contributed by atoms with Crippen molar-refractivity contribution in [2.75, 3.05) is 5.32 Å². The number of aromatic carboxylic acids is 1. The molecule has 144 valence electrons. The maximum Gasteiger partial charge on any atom is 0.335 e. The summed E-state index contributed by atoms with van der Waals surface area (Å²) >= 11 is 12.1. The molecule has 28 heavy (non-hydrogen) atoms. The van der Waals surface area contributed by atoms with E-state index in [0.29, 0.717) is 33.6 Å². The maximum absolute atomic E-state index is 13.8. The Balaban J connectivity index is 1.67. The minimum Gasteiger partial charge on any atom is -0.489 e. The summed E-state index contributed by atoms with van der Waals surface area (Å²) in [5.74, 6) is -0.885. The van der Waals surface area contributed by atoms with Crippen LogP contribution in [0.25, 0.3) is 0 Å². The summed E-state index contributed by atoms with van der Waals surface area (Å²) in [5.41, 5.74) is 1.84. The number of carboxylic acid groups (broad SMARTS) is 1. The molecule has 0 aliphatic carbocycles. The average molecular weight is 420 g/mol. The first-order valence-corrected chi connectivity index (χ1v) is 9.11. The zero-order valence-corrected chi connectivity index (χ0v) is 16.1. The number of carbonyl (C=O) groups is 1. The number of benzene rings is 3. The second kappa shape index (κ2) is 8.95. The van der Waals surface area contributed by atoms with Crippen LogP contribution in [0.3, 0.4) is 0 Å². The van der Waals surface area contributed by atoms with Crippen molar-refractivity contribution in [2.24, 2.45) is 0 Å². The smallest absolute Gasteiger partial charge is 0.335 e. The van der Waals surface area contributed by atoms with Crippen molar-refractivity contribution in [3.05, 3.63) is 93.2 Å². The van der Waals surface area contributed by atoms with E-state index in [4.69, 9.17) is 33.0 Å². The van der Waals surface area contributed by atoms with Crippen molar-refractivity contribution in [1.82, 2.24) is 0 Å². The van der Waals surface area contributed by atoms with Gasteiger partial charge in [-0.15, -0.1) is 0 Å². The Hall–Kier alpha value is -2.76. The zero-order valence-electron chi connectivity index (χ0n) is 14.6. The molecule has 0 fully saturated rings. The van der Waals surface area contributed by atoms with Gasteiger partial charge in [0.15, 0.2) is 0 Å². The highest BCUT2D eigenvalue weighted by Crippen LogP contribution is 2.25. The van der Waals surface area contributed by atoms with E-state index in [0.717, 1.165) is 5.56 Å². The lowest BCUT2D eigenvalue weighted by atomic mass is 10.1. The Morgan fingerprint density at radius 1 is 1.04 bits per heavy atom. The second-order valence-corrected chi connectivity index (χ2v) is 6.80. The van der Waals surface area contributed by atoms with Gasteiger partial charge >= 0.3 is 5.97 Å². The molecule has 0 aliphatic heterocycles. The summed E-state index contributed by atoms with van der Waals surface area (Å²) in [6, 6.07) is 16.2. The molecular formula is C21H16Cl2FNO3. The lowest BCUT2D eigenvalue weighted by molar-refractivity contribution is 0.0697. The molecule has 4 nitrogen and oxygen atoms in total. The van der Waals surface area contributed by atoms with E-state index in [1.807, 2.05) is 12.1 Å². The highest BCUT2D eigenvalue weighted by Gasteiger charge is 2.09. The molecule has 0 aromatic heterocycles. The topological polar surface area (TPSA) is 58.6 Å². The number of halogens is 3. The fraction of sp³-hybridized carbons (Fsp3) is 0.0952. The zero-order chi connectivity index (χ0) is 20.1. The summed E-state index contributed by atoms with van der Waals surface area (Å²) in [7, 11) is 0. The van der Waals surface area contributed by atoms with E-state index < -0.39 is 11.8 Å². The monoisotopic (exact) mass is 419 g/mol.